The Morgan fingerprint density at radius 1 is 1.19 bits per heavy atom. The molecular formula is C21H23N3O3. The van der Waals surface area contributed by atoms with E-state index in [0.717, 1.165) is 17.1 Å². The van der Waals surface area contributed by atoms with Crippen molar-refractivity contribution in [1.82, 2.24) is 14.9 Å². The summed E-state index contributed by atoms with van der Waals surface area (Å²) in [6, 6.07) is 15.2. The van der Waals surface area contributed by atoms with Crippen LogP contribution in [0.3, 0.4) is 0 Å². The van der Waals surface area contributed by atoms with Gasteiger partial charge in [-0.1, -0.05) is 18.2 Å². The van der Waals surface area contributed by atoms with Crippen LogP contribution in [0.15, 0.2) is 60.9 Å². The summed E-state index contributed by atoms with van der Waals surface area (Å²) in [4.78, 5) is 16.5. The zero-order valence-corrected chi connectivity index (χ0v) is 15.7. The van der Waals surface area contributed by atoms with E-state index in [9.17, 15) is 4.79 Å². The SMILES string of the molecule is COc1cccc(O[C@H](C)C(=O)NCc2ccc(-n3ccnc3C)cc2)c1. The van der Waals surface area contributed by atoms with E-state index in [0.29, 0.717) is 18.0 Å². The molecule has 140 valence electrons. The van der Waals surface area contributed by atoms with Crippen LogP contribution in [0.25, 0.3) is 5.69 Å². The molecule has 0 unspecified atom stereocenters. The number of hydrogen-bond donors (Lipinski definition) is 1. The number of rotatable bonds is 7. The smallest absolute Gasteiger partial charge is 0.261 e. The Balaban J connectivity index is 1.54. The third-order valence-electron chi connectivity index (χ3n) is 4.23. The molecule has 3 aromatic rings. The summed E-state index contributed by atoms with van der Waals surface area (Å²) in [5.74, 6) is 2.04. The van der Waals surface area contributed by atoms with Gasteiger partial charge in [0.15, 0.2) is 6.10 Å². The molecule has 2 aromatic carbocycles. The van der Waals surface area contributed by atoms with Gasteiger partial charge in [0.2, 0.25) is 0 Å². The normalized spacial score (nSPS) is 11.7. The minimum absolute atomic E-state index is 0.174. The quantitative estimate of drug-likeness (QED) is 0.698. The molecule has 0 saturated carbocycles. The summed E-state index contributed by atoms with van der Waals surface area (Å²) in [6.45, 7) is 4.12. The molecule has 0 spiro atoms. The first-order chi connectivity index (χ1) is 13.1. The van der Waals surface area contributed by atoms with Crippen LogP contribution < -0.4 is 14.8 Å². The average Bonchev–Trinajstić information content (AvgIpc) is 3.12. The van der Waals surface area contributed by atoms with Gasteiger partial charge in [-0.05, 0) is 43.7 Å². The molecule has 3 rings (SSSR count). The van der Waals surface area contributed by atoms with Crippen LogP contribution >= 0.6 is 0 Å². The molecule has 1 aromatic heterocycles. The molecule has 0 aliphatic heterocycles. The second kappa shape index (κ2) is 8.40. The predicted octanol–water partition coefficient (Wildman–Crippen LogP) is 3.27. The summed E-state index contributed by atoms with van der Waals surface area (Å²) in [5.41, 5.74) is 2.05. The van der Waals surface area contributed by atoms with Crippen molar-refractivity contribution in [3.63, 3.8) is 0 Å². The standard InChI is InChI=1S/C21H23N3O3/c1-15(27-20-6-4-5-19(13-20)26-3)21(25)23-14-17-7-9-18(10-8-17)24-12-11-22-16(24)2/h4-13,15H,14H2,1-3H3,(H,23,25)/t15-/m1/s1. The first-order valence-corrected chi connectivity index (χ1v) is 8.74. The Bertz CT molecular complexity index is 903. The fourth-order valence-electron chi connectivity index (χ4n) is 2.69. The summed E-state index contributed by atoms with van der Waals surface area (Å²) < 4.78 is 12.9. The maximum Gasteiger partial charge on any atom is 0.261 e. The third kappa shape index (κ3) is 4.67. The lowest BCUT2D eigenvalue weighted by atomic mass is 10.2. The van der Waals surface area contributed by atoms with Gasteiger partial charge < -0.3 is 19.4 Å². The van der Waals surface area contributed by atoms with Gasteiger partial charge >= 0.3 is 0 Å². The van der Waals surface area contributed by atoms with Gasteiger partial charge in [0.05, 0.1) is 7.11 Å². The number of methoxy groups -OCH3 is 1. The minimum Gasteiger partial charge on any atom is -0.497 e. The number of carbonyl (C=O) groups is 1. The number of ether oxygens (including phenoxy) is 2. The summed E-state index contributed by atoms with van der Waals surface area (Å²) in [7, 11) is 1.59. The van der Waals surface area contributed by atoms with E-state index in [2.05, 4.69) is 10.3 Å². The largest absolute Gasteiger partial charge is 0.497 e. The number of benzene rings is 2. The van der Waals surface area contributed by atoms with Crippen molar-refractivity contribution >= 4 is 5.91 Å². The minimum atomic E-state index is -0.607. The van der Waals surface area contributed by atoms with Gasteiger partial charge in [-0.3, -0.25) is 4.79 Å². The lowest BCUT2D eigenvalue weighted by molar-refractivity contribution is -0.127. The molecular weight excluding hydrogens is 342 g/mol. The zero-order valence-electron chi connectivity index (χ0n) is 15.7. The van der Waals surface area contributed by atoms with E-state index in [1.165, 1.54) is 0 Å². The third-order valence-corrected chi connectivity index (χ3v) is 4.23. The summed E-state index contributed by atoms with van der Waals surface area (Å²) in [6.07, 6.45) is 3.08. The van der Waals surface area contributed by atoms with Crippen LogP contribution in [0, 0.1) is 6.92 Å². The molecule has 0 aliphatic rings. The number of amides is 1. The van der Waals surface area contributed by atoms with Crippen LogP contribution in [0.4, 0.5) is 0 Å². The highest BCUT2D eigenvalue weighted by Gasteiger charge is 2.14. The second-order valence-corrected chi connectivity index (χ2v) is 6.17. The fourth-order valence-corrected chi connectivity index (χ4v) is 2.69. The lowest BCUT2D eigenvalue weighted by Gasteiger charge is -2.15. The van der Waals surface area contributed by atoms with Gasteiger partial charge in [-0.2, -0.15) is 0 Å². The maximum absolute atomic E-state index is 12.3. The number of nitrogens with zero attached hydrogens (tertiary/aromatic N) is 2. The highest BCUT2D eigenvalue weighted by Crippen LogP contribution is 2.20. The van der Waals surface area contributed by atoms with Crippen LogP contribution in [-0.4, -0.2) is 28.7 Å². The van der Waals surface area contributed by atoms with Crippen molar-refractivity contribution in [2.24, 2.45) is 0 Å². The first-order valence-electron chi connectivity index (χ1n) is 8.74. The second-order valence-electron chi connectivity index (χ2n) is 6.17. The van der Waals surface area contributed by atoms with E-state index in [1.807, 2.05) is 54.1 Å². The molecule has 1 heterocycles. The number of imidazole rings is 1. The fraction of sp³-hybridized carbons (Fsp3) is 0.238. The molecule has 0 fully saturated rings. The highest BCUT2D eigenvalue weighted by atomic mass is 16.5. The zero-order chi connectivity index (χ0) is 19.2. The van der Waals surface area contributed by atoms with E-state index in [-0.39, 0.29) is 5.91 Å². The van der Waals surface area contributed by atoms with Gasteiger partial charge in [0.1, 0.15) is 17.3 Å². The maximum atomic E-state index is 12.3. The number of hydrogen-bond acceptors (Lipinski definition) is 4. The highest BCUT2D eigenvalue weighted by molar-refractivity contribution is 5.80. The Hall–Kier alpha value is -3.28. The summed E-state index contributed by atoms with van der Waals surface area (Å²) >= 11 is 0. The predicted molar refractivity (Wildman–Crippen MR) is 103 cm³/mol. The molecule has 0 radical (unpaired) electrons. The molecule has 6 heteroatoms. The molecule has 6 nitrogen and oxygen atoms in total. The Labute approximate surface area is 158 Å². The number of nitrogens with one attached hydrogen (secondary N) is 1. The Morgan fingerprint density at radius 3 is 2.59 bits per heavy atom. The van der Waals surface area contributed by atoms with Crippen LogP contribution in [-0.2, 0) is 11.3 Å². The van der Waals surface area contributed by atoms with E-state index < -0.39 is 6.10 Å². The van der Waals surface area contributed by atoms with Crippen LogP contribution in [0.5, 0.6) is 11.5 Å². The molecule has 1 amide bonds. The Morgan fingerprint density at radius 2 is 1.93 bits per heavy atom. The number of carbonyl (C=O) groups excluding carboxylic acids is 1. The van der Waals surface area contributed by atoms with Crippen molar-refractivity contribution in [2.45, 2.75) is 26.5 Å². The first kappa shape index (κ1) is 18.5. The average molecular weight is 365 g/mol. The van der Waals surface area contributed by atoms with Crippen molar-refractivity contribution in [1.29, 1.82) is 0 Å². The van der Waals surface area contributed by atoms with E-state index in [1.54, 1.807) is 32.4 Å². The van der Waals surface area contributed by atoms with Crippen LogP contribution in [0.1, 0.15) is 18.3 Å². The lowest BCUT2D eigenvalue weighted by Crippen LogP contribution is -2.35. The molecule has 0 saturated heterocycles. The Kier molecular flexibility index (Phi) is 5.76. The van der Waals surface area contributed by atoms with Gasteiger partial charge in [-0.15, -0.1) is 0 Å². The van der Waals surface area contributed by atoms with E-state index in [4.69, 9.17) is 9.47 Å². The topological polar surface area (TPSA) is 65.4 Å². The van der Waals surface area contributed by atoms with Gasteiger partial charge in [-0.25, -0.2) is 4.98 Å². The van der Waals surface area contributed by atoms with Crippen molar-refractivity contribution < 1.29 is 14.3 Å². The number of aryl methyl sites for hydroxylation is 1. The van der Waals surface area contributed by atoms with Crippen LogP contribution in [0.2, 0.25) is 0 Å². The van der Waals surface area contributed by atoms with E-state index >= 15 is 0 Å². The molecule has 1 atom stereocenters. The molecule has 0 aliphatic carbocycles. The van der Waals surface area contributed by atoms with Crippen molar-refractivity contribution in [2.75, 3.05) is 7.11 Å². The van der Waals surface area contributed by atoms with Crippen molar-refractivity contribution in [3.05, 3.63) is 72.3 Å². The molecule has 0 bridgehead atoms. The molecule has 1 N–H and O–H groups in total. The van der Waals surface area contributed by atoms with Gasteiger partial charge in [0, 0.05) is 30.7 Å². The monoisotopic (exact) mass is 365 g/mol. The van der Waals surface area contributed by atoms with Crippen molar-refractivity contribution in [3.8, 4) is 17.2 Å². The molecule has 27 heavy (non-hydrogen) atoms. The number of aromatic nitrogens is 2. The summed E-state index contributed by atoms with van der Waals surface area (Å²) in [5, 5.41) is 2.90. The van der Waals surface area contributed by atoms with Gasteiger partial charge in [0.25, 0.3) is 5.91 Å².